The number of nitrogens with zero attached hydrogens (tertiary/aromatic N) is 3. The molecule has 0 saturated heterocycles. The number of pyridine rings is 1. The fourth-order valence-corrected chi connectivity index (χ4v) is 2.20. The van der Waals surface area contributed by atoms with E-state index in [1.54, 1.807) is 12.3 Å². The molecule has 0 fully saturated rings. The normalized spacial score (nSPS) is 13.1. The summed E-state index contributed by atoms with van der Waals surface area (Å²) >= 11 is 0. The van der Waals surface area contributed by atoms with Gasteiger partial charge in [0.25, 0.3) is 5.91 Å². The van der Waals surface area contributed by atoms with Gasteiger partial charge in [-0.2, -0.15) is 5.10 Å². The van der Waals surface area contributed by atoms with Gasteiger partial charge < -0.3 is 10.4 Å². The zero-order valence-corrected chi connectivity index (χ0v) is 13.8. The lowest BCUT2D eigenvalue weighted by Crippen LogP contribution is -2.35. The molecule has 1 amide bonds. The van der Waals surface area contributed by atoms with E-state index >= 15 is 0 Å². The number of hydrogen-bond acceptors (Lipinski definition) is 4. The number of aliphatic hydroxyl groups is 1. The van der Waals surface area contributed by atoms with Crippen LogP contribution in [-0.2, 0) is 0 Å². The van der Waals surface area contributed by atoms with Crippen molar-refractivity contribution >= 4 is 16.9 Å². The molecule has 2 aromatic rings. The summed E-state index contributed by atoms with van der Waals surface area (Å²) in [6, 6.07) is 2.02. The molecule has 2 heterocycles. The van der Waals surface area contributed by atoms with Crippen molar-refractivity contribution in [2.45, 2.75) is 46.8 Å². The van der Waals surface area contributed by atoms with Crippen molar-refractivity contribution < 1.29 is 9.90 Å². The standard InChI is InChI=1S/C16H24N4O2/c1-9(2)14(21)8-17-16(22)13-6-12-7-18-20(10(3)4)15(12)19-11(13)5/h6-7,9-10,14,21H,8H2,1-5H3,(H,17,22). The molecule has 1 atom stereocenters. The average molecular weight is 304 g/mol. The quantitative estimate of drug-likeness (QED) is 0.886. The lowest BCUT2D eigenvalue weighted by molar-refractivity contribution is 0.0871. The first-order chi connectivity index (χ1) is 10.3. The third kappa shape index (κ3) is 3.27. The molecular formula is C16H24N4O2. The zero-order valence-electron chi connectivity index (χ0n) is 13.8. The van der Waals surface area contributed by atoms with Crippen LogP contribution in [0.4, 0.5) is 0 Å². The van der Waals surface area contributed by atoms with Gasteiger partial charge in [0.1, 0.15) is 0 Å². The van der Waals surface area contributed by atoms with Gasteiger partial charge in [-0.05, 0) is 32.8 Å². The van der Waals surface area contributed by atoms with E-state index in [0.29, 0.717) is 11.3 Å². The number of amides is 1. The van der Waals surface area contributed by atoms with Crippen molar-refractivity contribution in [3.05, 3.63) is 23.5 Å². The summed E-state index contributed by atoms with van der Waals surface area (Å²) in [6.07, 6.45) is 1.17. The predicted molar refractivity (Wildman–Crippen MR) is 85.8 cm³/mol. The Balaban J connectivity index is 2.25. The third-order valence-electron chi connectivity index (χ3n) is 3.73. The first kappa shape index (κ1) is 16.4. The van der Waals surface area contributed by atoms with Gasteiger partial charge in [0.15, 0.2) is 5.65 Å². The van der Waals surface area contributed by atoms with Gasteiger partial charge >= 0.3 is 0 Å². The first-order valence-electron chi connectivity index (χ1n) is 7.62. The van der Waals surface area contributed by atoms with Crippen molar-refractivity contribution in [2.75, 3.05) is 6.54 Å². The fourth-order valence-electron chi connectivity index (χ4n) is 2.20. The molecule has 2 rings (SSSR count). The van der Waals surface area contributed by atoms with Crippen LogP contribution in [0.3, 0.4) is 0 Å². The van der Waals surface area contributed by atoms with Crippen LogP contribution in [0, 0.1) is 12.8 Å². The molecular weight excluding hydrogens is 280 g/mol. The van der Waals surface area contributed by atoms with Gasteiger partial charge in [-0.25, -0.2) is 9.67 Å². The van der Waals surface area contributed by atoms with Crippen LogP contribution in [-0.4, -0.2) is 38.4 Å². The first-order valence-corrected chi connectivity index (χ1v) is 7.62. The predicted octanol–water partition coefficient (Wildman–Crippen LogP) is 2.07. The molecule has 2 N–H and O–H groups in total. The molecule has 0 aliphatic carbocycles. The van der Waals surface area contributed by atoms with E-state index in [4.69, 9.17) is 0 Å². The number of fused-ring (bicyclic) bond motifs is 1. The second-order valence-electron chi connectivity index (χ2n) is 6.24. The summed E-state index contributed by atoms with van der Waals surface area (Å²) in [4.78, 5) is 16.8. The second kappa shape index (κ2) is 6.44. The van der Waals surface area contributed by atoms with Gasteiger partial charge in [0.2, 0.25) is 0 Å². The lowest BCUT2D eigenvalue weighted by Gasteiger charge is -2.15. The molecule has 0 spiro atoms. The summed E-state index contributed by atoms with van der Waals surface area (Å²) in [5.74, 6) is -0.116. The second-order valence-corrected chi connectivity index (χ2v) is 6.24. The number of aryl methyl sites for hydroxylation is 1. The van der Waals surface area contributed by atoms with Crippen molar-refractivity contribution in [3.8, 4) is 0 Å². The van der Waals surface area contributed by atoms with Crippen molar-refractivity contribution in [3.63, 3.8) is 0 Å². The Hall–Kier alpha value is -1.95. The van der Waals surface area contributed by atoms with Crippen LogP contribution in [0.2, 0.25) is 0 Å². The maximum Gasteiger partial charge on any atom is 0.253 e. The van der Waals surface area contributed by atoms with Crippen LogP contribution in [0.25, 0.3) is 11.0 Å². The summed E-state index contributed by atoms with van der Waals surface area (Å²) in [5, 5.41) is 17.7. The van der Waals surface area contributed by atoms with Crippen LogP contribution in [0.1, 0.15) is 49.8 Å². The zero-order chi connectivity index (χ0) is 16.4. The maximum absolute atomic E-state index is 12.3. The molecule has 0 radical (unpaired) electrons. The van der Waals surface area contributed by atoms with E-state index in [1.807, 2.05) is 39.3 Å². The highest BCUT2D eigenvalue weighted by molar-refractivity contribution is 5.98. The molecule has 2 aromatic heterocycles. The number of carbonyl (C=O) groups excluding carboxylic acids is 1. The molecule has 0 aliphatic rings. The molecule has 0 aliphatic heterocycles. The Morgan fingerprint density at radius 3 is 2.64 bits per heavy atom. The lowest BCUT2D eigenvalue weighted by atomic mass is 10.1. The van der Waals surface area contributed by atoms with Crippen molar-refractivity contribution in [1.82, 2.24) is 20.1 Å². The number of rotatable bonds is 5. The highest BCUT2D eigenvalue weighted by Crippen LogP contribution is 2.19. The highest BCUT2D eigenvalue weighted by Gasteiger charge is 2.17. The smallest absolute Gasteiger partial charge is 0.253 e. The number of aliphatic hydroxyl groups excluding tert-OH is 1. The molecule has 0 bridgehead atoms. The van der Waals surface area contributed by atoms with E-state index in [1.165, 1.54) is 0 Å². The van der Waals surface area contributed by atoms with Gasteiger partial charge in [-0.1, -0.05) is 13.8 Å². The number of nitrogens with one attached hydrogen (secondary N) is 1. The topological polar surface area (TPSA) is 80.0 Å². The number of aromatic nitrogens is 3. The monoisotopic (exact) mass is 304 g/mol. The van der Waals surface area contributed by atoms with E-state index in [9.17, 15) is 9.90 Å². The van der Waals surface area contributed by atoms with E-state index in [0.717, 1.165) is 11.0 Å². The summed E-state index contributed by atoms with van der Waals surface area (Å²) in [5.41, 5.74) is 1.96. The SMILES string of the molecule is Cc1nc2c(cnn2C(C)C)cc1C(=O)NCC(O)C(C)C. The molecule has 22 heavy (non-hydrogen) atoms. The molecule has 120 valence electrons. The summed E-state index contributed by atoms with van der Waals surface area (Å²) < 4.78 is 1.84. The van der Waals surface area contributed by atoms with Crippen LogP contribution < -0.4 is 5.32 Å². The Kier molecular flexibility index (Phi) is 4.81. The molecule has 1 unspecified atom stereocenters. The van der Waals surface area contributed by atoms with Gasteiger partial charge in [0, 0.05) is 18.0 Å². The van der Waals surface area contributed by atoms with Crippen LogP contribution >= 0.6 is 0 Å². The van der Waals surface area contributed by atoms with Gasteiger partial charge in [-0.3, -0.25) is 4.79 Å². The minimum atomic E-state index is -0.551. The number of carbonyl (C=O) groups is 1. The Bertz CT molecular complexity index is 676. The summed E-state index contributed by atoms with van der Waals surface area (Å²) in [7, 11) is 0. The average Bonchev–Trinajstić information content (AvgIpc) is 2.86. The van der Waals surface area contributed by atoms with E-state index < -0.39 is 6.10 Å². The Labute approximate surface area is 130 Å². The largest absolute Gasteiger partial charge is 0.391 e. The third-order valence-corrected chi connectivity index (χ3v) is 3.73. The number of hydrogen-bond donors (Lipinski definition) is 2. The van der Waals surface area contributed by atoms with E-state index in [2.05, 4.69) is 15.4 Å². The fraction of sp³-hybridized carbons (Fsp3) is 0.562. The minimum Gasteiger partial charge on any atom is -0.391 e. The van der Waals surface area contributed by atoms with Crippen molar-refractivity contribution in [1.29, 1.82) is 0 Å². The van der Waals surface area contributed by atoms with Crippen molar-refractivity contribution in [2.24, 2.45) is 5.92 Å². The maximum atomic E-state index is 12.3. The van der Waals surface area contributed by atoms with Crippen LogP contribution in [0.15, 0.2) is 12.3 Å². The summed E-state index contributed by atoms with van der Waals surface area (Å²) in [6.45, 7) is 9.95. The molecule has 6 heteroatoms. The Morgan fingerprint density at radius 1 is 1.36 bits per heavy atom. The highest BCUT2D eigenvalue weighted by atomic mass is 16.3. The van der Waals surface area contributed by atoms with Gasteiger partial charge in [0.05, 0.1) is 23.6 Å². The molecule has 6 nitrogen and oxygen atoms in total. The van der Waals surface area contributed by atoms with Crippen LogP contribution in [0.5, 0.6) is 0 Å². The van der Waals surface area contributed by atoms with Gasteiger partial charge in [-0.15, -0.1) is 0 Å². The Morgan fingerprint density at radius 2 is 2.05 bits per heavy atom. The molecule has 0 aromatic carbocycles. The minimum absolute atomic E-state index is 0.103. The molecule has 0 saturated carbocycles. The van der Waals surface area contributed by atoms with E-state index in [-0.39, 0.29) is 24.4 Å².